The number of urea groups is 1. The molecular weight excluding hydrogens is 412 g/mol. The fraction of sp³-hybridized carbons (Fsp3) is 0.174. The van der Waals surface area contributed by atoms with Crippen LogP contribution < -0.4 is 9.80 Å². The monoisotopic (exact) mass is 432 g/mol. The Hall–Kier alpha value is -3.52. The summed E-state index contributed by atoms with van der Waals surface area (Å²) in [5, 5.41) is 10.9. The third kappa shape index (κ3) is 3.59. The molecule has 2 aliphatic heterocycles. The van der Waals surface area contributed by atoms with Gasteiger partial charge in [0.1, 0.15) is 0 Å². The lowest BCUT2D eigenvalue weighted by molar-refractivity contribution is -0.384. The topological polar surface area (TPSA) is 69.9 Å². The number of fused-ring (bicyclic) bond motifs is 2. The van der Waals surface area contributed by atoms with E-state index in [0.717, 1.165) is 26.9 Å². The summed E-state index contributed by atoms with van der Waals surface area (Å²) in [4.78, 5) is 32.1. The van der Waals surface area contributed by atoms with E-state index in [1.165, 1.54) is 12.1 Å². The molecule has 3 aromatic carbocycles. The lowest BCUT2D eigenvalue weighted by Crippen LogP contribution is -2.52. The summed E-state index contributed by atoms with van der Waals surface area (Å²) >= 11 is 1.68. The van der Waals surface area contributed by atoms with Crippen molar-refractivity contribution in [3.63, 3.8) is 0 Å². The van der Waals surface area contributed by atoms with Crippen LogP contribution in [0.15, 0.2) is 82.6 Å². The van der Waals surface area contributed by atoms with E-state index in [2.05, 4.69) is 4.90 Å². The number of amides is 2. The van der Waals surface area contributed by atoms with Crippen molar-refractivity contribution in [3.05, 3.63) is 82.9 Å². The molecule has 0 bridgehead atoms. The number of nitro groups is 1. The minimum atomic E-state index is -0.396. The van der Waals surface area contributed by atoms with Gasteiger partial charge in [-0.1, -0.05) is 36.0 Å². The SMILES string of the molecule is O=C(N1CCN(c2ccc([N+](=O)[O-])cc2)CC1)N1c2ccccc2Sc2ccccc21. The normalized spacial score (nSPS) is 15.3. The van der Waals surface area contributed by atoms with Crippen molar-refractivity contribution in [2.45, 2.75) is 9.79 Å². The van der Waals surface area contributed by atoms with Crippen LogP contribution in [-0.2, 0) is 0 Å². The number of non-ortho nitro benzene ring substituents is 1. The van der Waals surface area contributed by atoms with Crippen LogP contribution in [0.5, 0.6) is 0 Å². The van der Waals surface area contributed by atoms with Gasteiger partial charge in [0.25, 0.3) is 5.69 Å². The lowest BCUT2D eigenvalue weighted by Gasteiger charge is -2.40. The maximum absolute atomic E-state index is 13.6. The van der Waals surface area contributed by atoms with E-state index in [1.54, 1.807) is 23.9 Å². The fourth-order valence-corrected chi connectivity index (χ4v) is 5.05. The summed E-state index contributed by atoms with van der Waals surface area (Å²) in [6, 6.07) is 22.5. The number of rotatable bonds is 2. The molecule has 0 atom stereocenters. The van der Waals surface area contributed by atoms with Crippen LogP contribution >= 0.6 is 11.8 Å². The average molecular weight is 433 g/mol. The molecule has 0 radical (unpaired) electrons. The van der Waals surface area contributed by atoms with Crippen molar-refractivity contribution < 1.29 is 9.72 Å². The molecular formula is C23H20N4O3S. The van der Waals surface area contributed by atoms with E-state index >= 15 is 0 Å². The maximum atomic E-state index is 13.6. The van der Waals surface area contributed by atoms with E-state index in [1.807, 2.05) is 58.3 Å². The molecule has 5 rings (SSSR count). The largest absolute Gasteiger partial charge is 0.368 e. The molecule has 0 aliphatic carbocycles. The highest BCUT2D eigenvalue weighted by Crippen LogP contribution is 2.48. The zero-order valence-electron chi connectivity index (χ0n) is 16.7. The Kier molecular flexibility index (Phi) is 4.99. The molecule has 0 aromatic heterocycles. The molecule has 7 nitrogen and oxygen atoms in total. The first-order chi connectivity index (χ1) is 15.1. The second-order valence-electron chi connectivity index (χ2n) is 7.40. The number of piperazine rings is 1. The third-order valence-electron chi connectivity index (χ3n) is 5.60. The Balaban J connectivity index is 1.35. The van der Waals surface area contributed by atoms with Gasteiger partial charge in [-0.3, -0.25) is 15.0 Å². The predicted octanol–water partition coefficient (Wildman–Crippen LogP) is 5.14. The number of nitro benzene ring substituents is 1. The summed E-state index contributed by atoms with van der Waals surface area (Å²) in [6.07, 6.45) is 0. The highest BCUT2D eigenvalue weighted by Gasteiger charge is 2.32. The van der Waals surface area contributed by atoms with Crippen LogP contribution in [0.2, 0.25) is 0 Å². The van der Waals surface area contributed by atoms with Gasteiger partial charge >= 0.3 is 6.03 Å². The number of hydrogen-bond donors (Lipinski definition) is 0. The van der Waals surface area contributed by atoms with Crippen molar-refractivity contribution in [2.24, 2.45) is 0 Å². The van der Waals surface area contributed by atoms with Gasteiger partial charge in [0, 0.05) is 53.8 Å². The van der Waals surface area contributed by atoms with Crippen LogP contribution in [0.25, 0.3) is 0 Å². The molecule has 2 amide bonds. The van der Waals surface area contributed by atoms with Crippen LogP contribution in [0.1, 0.15) is 0 Å². The number of benzene rings is 3. The van der Waals surface area contributed by atoms with E-state index in [4.69, 9.17) is 0 Å². The first kappa shape index (κ1) is 19.4. The van der Waals surface area contributed by atoms with E-state index in [-0.39, 0.29) is 11.7 Å². The molecule has 2 heterocycles. The summed E-state index contributed by atoms with van der Waals surface area (Å²) in [5.41, 5.74) is 2.84. The molecule has 0 unspecified atom stereocenters. The van der Waals surface area contributed by atoms with Crippen molar-refractivity contribution in [2.75, 3.05) is 36.0 Å². The maximum Gasteiger partial charge on any atom is 0.329 e. The van der Waals surface area contributed by atoms with Crippen LogP contribution in [-0.4, -0.2) is 42.0 Å². The average Bonchev–Trinajstić information content (AvgIpc) is 2.82. The van der Waals surface area contributed by atoms with Gasteiger partial charge in [-0.25, -0.2) is 4.79 Å². The van der Waals surface area contributed by atoms with Crippen LogP contribution in [0.3, 0.4) is 0 Å². The Morgan fingerprint density at radius 2 is 1.35 bits per heavy atom. The summed E-state index contributed by atoms with van der Waals surface area (Å²) in [6.45, 7) is 2.53. The molecule has 0 spiro atoms. The zero-order valence-corrected chi connectivity index (χ0v) is 17.5. The van der Waals surface area contributed by atoms with Crippen LogP contribution in [0, 0.1) is 10.1 Å². The number of anilines is 3. The van der Waals surface area contributed by atoms with Crippen molar-refractivity contribution >= 4 is 40.5 Å². The Bertz CT molecular complexity index is 1100. The van der Waals surface area contributed by atoms with Crippen LogP contribution in [0.4, 0.5) is 27.5 Å². The number of carbonyl (C=O) groups is 1. The van der Waals surface area contributed by atoms with Gasteiger partial charge in [0.2, 0.25) is 0 Å². The Morgan fingerprint density at radius 1 is 0.806 bits per heavy atom. The third-order valence-corrected chi connectivity index (χ3v) is 6.73. The van der Waals surface area contributed by atoms with Gasteiger partial charge in [0.15, 0.2) is 0 Å². The molecule has 1 saturated heterocycles. The summed E-state index contributed by atoms with van der Waals surface area (Å²) in [7, 11) is 0. The van der Waals surface area contributed by atoms with Gasteiger partial charge in [-0.2, -0.15) is 0 Å². The standard InChI is InChI=1S/C23H20N4O3S/c28-23(25-15-13-24(14-16-25)17-9-11-18(12-10-17)27(29)30)26-19-5-1-3-7-21(19)31-22-8-4-2-6-20(22)26/h1-12H,13-16H2. The minimum absolute atomic E-state index is 0.0245. The second kappa shape index (κ2) is 7.96. The molecule has 156 valence electrons. The van der Waals surface area contributed by atoms with E-state index in [9.17, 15) is 14.9 Å². The number of nitrogens with zero attached hydrogens (tertiary/aromatic N) is 4. The molecule has 31 heavy (non-hydrogen) atoms. The minimum Gasteiger partial charge on any atom is -0.368 e. The molecule has 8 heteroatoms. The van der Waals surface area contributed by atoms with Gasteiger partial charge in [-0.15, -0.1) is 0 Å². The van der Waals surface area contributed by atoms with Crippen molar-refractivity contribution in [3.8, 4) is 0 Å². The summed E-state index contributed by atoms with van der Waals surface area (Å²) in [5.74, 6) is 0. The Morgan fingerprint density at radius 3 is 1.90 bits per heavy atom. The first-order valence-corrected chi connectivity index (χ1v) is 10.9. The molecule has 1 fully saturated rings. The van der Waals surface area contributed by atoms with E-state index < -0.39 is 4.92 Å². The Labute approximate surface area is 184 Å². The molecule has 2 aliphatic rings. The van der Waals surface area contributed by atoms with Gasteiger partial charge < -0.3 is 9.80 Å². The smallest absolute Gasteiger partial charge is 0.329 e. The quantitative estimate of drug-likeness (QED) is 0.414. The highest BCUT2D eigenvalue weighted by atomic mass is 32.2. The van der Waals surface area contributed by atoms with Crippen molar-refractivity contribution in [1.29, 1.82) is 0 Å². The number of hydrogen-bond acceptors (Lipinski definition) is 5. The molecule has 0 saturated carbocycles. The fourth-order valence-electron chi connectivity index (χ4n) is 3.99. The first-order valence-electron chi connectivity index (χ1n) is 10.1. The zero-order chi connectivity index (χ0) is 21.4. The van der Waals surface area contributed by atoms with Crippen molar-refractivity contribution in [1.82, 2.24) is 4.90 Å². The lowest BCUT2D eigenvalue weighted by atomic mass is 10.2. The number of carbonyl (C=O) groups excluding carboxylic acids is 1. The molecule has 0 N–H and O–H groups in total. The van der Waals surface area contributed by atoms with Gasteiger partial charge in [0.05, 0.1) is 16.3 Å². The predicted molar refractivity (Wildman–Crippen MR) is 121 cm³/mol. The van der Waals surface area contributed by atoms with Gasteiger partial charge in [-0.05, 0) is 36.4 Å². The highest BCUT2D eigenvalue weighted by molar-refractivity contribution is 7.99. The summed E-state index contributed by atoms with van der Waals surface area (Å²) < 4.78 is 0. The van der Waals surface area contributed by atoms with E-state index in [0.29, 0.717) is 26.2 Å². The second-order valence-corrected chi connectivity index (χ2v) is 8.49. The molecule has 3 aromatic rings. The number of para-hydroxylation sites is 2.